The monoisotopic (exact) mass is 302 g/mol. The molecule has 0 saturated heterocycles. The van der Waals surface area contributed by atoms with Gasteiger partial charge in [-0.15, -0.1) is 0 Å². The molecule has 5 nitrogen and oxygen atoms in total. The van der Waals surface area contributed by atoms with E-state index in [2.05, 4.69) is 15.3 Å². The molecule has 0 radical (unpaired) electrons. The first-order valence-corrected chi connectivity index (χ1v) is 7.55. The third kappa shape index (κ3) is 3.67. The minimum atomic E-state index is -0.500. The maximum Gasteiger partial charge on any atom is 0.130 e. The summed E-state index contributed by atoms with van der Waals surface area (Å²) in [5.41, 5.74) is 4.33. The van der Waals surface area contributed by atoms with Crippen LogP contribution in [0.25, 0.3) is 0 Å². The highest BCUT2D eigenvalue weighted by molar-refractivity contribution is 5.48. The zero-order chi connectivity index (χ0) is 16.3. The lowest BCUT2D eigenvalue weighted by atomic mass is 10.1. The van der Waals surface area contributed by atoms with Crippen LogP contribution in [0.15, 0.2) is 24.3 Å². The fourth-order valence-electron chi connectivity index (χ4n) is 2.70. The number of anilines is 1. The van der Waals surface area contributed by atoms with Gasteiger partial charge in [0.05, 0.1) is 11.8 Å². The molecule has 0 saturated carbocycles. The highest BCUT2D eigenvalue weighted by Gasteiger charge is 2.15. The quantitative estimate of drug-likeness (QED) is 0.856. The van der Waals surface area contributed by atoms with Gasteiger partial charge in [0.2, 0.25) is 0 Å². The maximum absolute atomic E-state index is 10.2. The molecule has 120 valence electrons. The predicted octanol–water partition coefficient (Wildman–Crippen LogP) is 1.93. The largest absolute Gasteiger partial charge is 0.387 e. The van der Waals surface area contributed by atoms with Crippen LogP contribution in [0.4, 0.5) is 5.82 Å². The van der Waals surface area contributed by atoms with Crippen LogP contribution in [0.2, 0.25) is 0 Å². The van der Waals surface area contributed by atoms with Crippen molar-refractivity contribution in [1.29, 1.82) is 0 Å². The van der Waals surface area contributed by atoms with Crippen LogP contribution < -0.4 is 10.2 Å². The Hall–Kier alpha value is -1.85. The summed E-state index contributed by atoms with van der Waals surface area (Å²) in [5, 5.41) is 18.1. The third-order valence-electron chi connectivity index (χ3n) is 3.84. The average molecular weight is 302 g/mol. The molecule has 1 aromatic heterocycles. The van der Waals surface area contributed by atoms with Gasteiger partial charge in [-0.3, -0.25) is 4.68 Å². The summed E-state index contributed by atoms with van der Waals surface area (Å²) in [6.07, 6.45) is -0.500. The van der Waals surface area contributed by atoms with Gasteiger partial charge in [0.1, 0.15) is 5.82 Å². The van der Waals surface area contributed by atoms with Crippen LogP contribution in [-0.4, -0.2) is 35.5 Å². The van der Waals surface area contributed by atoms with Crippen molar-refractivity contribution < 1.29 is 5.11 Å². The van der Waals surface area contributed by atoms with E-state index < -0.39 is 6.10 Å². The van der Waals surface area contributed by atoms with Gasteiger partial charge in [0.15, 0.2) is 0 Å². The van der Waals surface area contributed by atoms with Crippen LogP contribution in [0.3, 0.4) is 0 Å². The van der Waals surface area contributed by atoms with Gasteiger partial charge in [-0.25, -0.2) is 0 Å². The van der Waals surface area contributed by atoms with Gasteiger partial charge in [-0.05, 0) is 19.4 Å². The Bertz CT molecular complexity index is 616. The minimum Gasteiger partial charge on any atom is -0.387 e. The molecule has 1 heterocycles. The lowest BCUT2D eigenvalue weighted by molar-refractivity contribution is 0.174. The lowest BCUT2D eigenvalue weighted by Crippen LogP contribution is -2.23. The summed E-state index contributed by atoms with van der Waals surface area (Å²) in [7, 11) is 5.98. The summed E-state index contributed by atoms with van der Waals surface area (Å²) in [6.45, 7) is 5.27. The molecule has 0 unspecified atom stereocenters. The molecule has 0 aliphatic heterocycles. The van der Waals surface area contributed by atoms with Gasteiger partial charge in [0, 0.05) is 39.8 Å². The van der Waals surface area contributed by atoms with Gasteiger partial charge < -0.3 is 15.3 Å². The SMILES string of the molecule is Cc1ccc([C@H](O)CNCc2c(C)nn(C)c2N(C)C)cc1. The van der Waals surface area contributed by atoms with Crippen molar-refractivity contribution in [1.82, 2.24) is 15.1 Å². The molecule has 1 aromatic carbocycles. The van der Waals surface area contributed by atoms with Crippen molar-refractivity contribution >= 4 is 5.82 Å². The molecule has 0 amide bonds. The average Bonchev–Trinajstić information content (AvgIpc) is 2.74. The predicted molar refractivity (Wildman–Crippen MR) is 90.1 cm³/mol. The number of nitrogens with one attached hydrogen (secondary N) is 1. The summed E-state index contributed by atoms with van der Waals surface area (Å²) >= 11 is 0. The molecule has 1 atom stereocenters. The lowest BCUT2D eigenvalue weighted by Gasteiger charge is -2.17. The van der Waals surface area contributed by atoms with Crippen LogP contribution in [0.1, 0.15) is 28.5 Å². The normalized spacial score (nSPS) is 12.5. The van der Waals surface area contributed by atoms with E-state index in [0.717, 1.165) is 17.1 Å². The Morgan fingerprint density at radius 1 is 1.23 bits per heavy atom. The molecule has 22 heavy (non-hydrogen) atoms. The number of hydrogen-bond donors (Lipinski definition) is 2. The molecule has 0 fully saturated rings. The molecule has 0 spiro atoms. The second kappa shape index (κ2) is 6.94. The van der Waals surface area contributed by atoms with Crippen molar-refractivity contribution in [3.8, 4) is 0 Å². The second-order valence-electron chi connectivity index (χ2n) is 5.96. The molecule has 0 aliphatic rings. The number of hydrogen-bond acceptors (Lipinski definition) is 4. The van der Waals surface area contributed by atoms with E-state index in [-0.39, 0.29) is 0 Å². The first-order chi connectivity index (χ1) is 10.4. The van der Waals surface area contributed by atoms with E-state index in [9.17, 15) is 5.11 Å². The highest BCUT2D eigenvalue weighted by atomic mass is 16.3. The highest BCUT2D eigenvalue weighted by Crippen LogP contribution is 2.21. The van der Waals surface area contributed by atoms with Crippen LogP contribution in [0.5, 0.6) is 0 Å². The fourth-order valence-corrected chi connectivity index (χ4v) is 2.70. The van der Waals surface area contributed by atoms with Gasteiger partial charge >= 0.3 is 0 Å². The zero-order valence-electron chi connectivity index (χ0n) is 14.1. The van der Waals surface area contributed by atoms with Crippen LogP contribution in [0, 0.1) is 13.8 Å². The van der Waals surface area contributed by atoms with E-state index in [1.807, 2.05) is 63.9 Å². The minimum absolute atomic E-state index is 0.500. The number of aryl methyl sites for hydroxylation is 3. The Balaban J connectivity index is 1.98. The summed E-state index contributed by atoms with van der Waals surface area (Å²) in [6, 6.07) is 7.99. The fraction of sp³-hybridized carbons (Fsp3) is 0.471. The van der Waals surface area contributed by atoms with E-state index in [0.29, 0.717) is 13.1 Å². The Kier molecular flexibility index (Phi) is 5.21. The first-order valence-electron chi connectivity index (χ1n) is 7.55. The summed E-state index contributed by atoms with van der Waals surface area (Å²) < 4.78 is 1.89. The number of aliphatic hydroxyl groups is 1. The van der Waals surface area contributed by atoms with Crippen molar-refractivity contribution in [3.05, 3.63) is 46.6 Å². The van der Waals surface area contributed by atoms with Crippen LogP contribution >= 0.6 is 0 Å². The van der Waals surface area contributed by atoms with Gasteiger partial charge in [-0.2, -0.15) is 5.10 Å². The van der Waals surface area contributed by atoms with E-state index in [1.54, 1.807) is 0 Å². The Morgan fingerprint density at radius 2 is 1.86 bits per heavy atom. The van der Waals surface area contributed by atoms with Gasteiger partial charge in [-0.1, -0.05) is 29.8 Å². The molecular formula is C17H26N4O. The van der Waals surface area contributed by atoms with Crippen molar-refractivity contribution in [3.63, 3.8) is 0 Å². The molecule has 2 aromatic rings. The van der Waals surface area contributed by atoms with E-state index in [4.69, 9.17) is 0 Å². The maximum atomic E-state index is 10.2. The summed E-state index contributed by atoms with van der Waals surface area (Å²) in [4.78, 5) is 2.06. The smallest absolute Gasteiger partial charge is 0.130 e. The number of nitrogens with zero attached hydrogens (tertiary/aromatic N) is 3. The number of aliphatic hydroxyl groups excluding tert-OH is 1. The summed E-state index contributed by atoms with van der Waals surface area (Å²) in [5.74, 6) is 1.09. The first kappa shape index (κ1) is 16.5. The zero-order valence-corrected chi connectivity index (χ0v) is 14.1. The van der Waals surface area contributed by atoms with E-state index in [1.165, 1.54) is 11.1 Å². The standard InChI is InChI=1S/C17H26N4O/c1-12-6-8-14(9-7-12)16(22)11-18-10-15-13(2)19-21(5)17(15)20(3)4/h6-9,16,18,22H,10-11H2,1-5H3/t16-/m1/s1. The molecular weight excluding hydrogens is 276 g/mol. The number of benzene rings is 1. The topological polar surface area (TPSA) is 53.3 Å². The number of aromatic nitrogens is 2. The molecule has 2 N–H and O–H groups in total. The Labute approximate surface area is 132 Å². The molecule has 5 heteroatoms. The van der Waals surface area contributed by atoms with Gasteiger partial charge in [0.25, 0.3) is 0 Å². The molecule has 0 bridgehead atoms. The van der Waals surface area contributed by atoms with E-state index >= 15 is 0 Å². The molecule has 2 rings (SSSR count). The second-order valence-corrected chi connectivity index (χ2v) is 5.96. The van der Waals surface area contributed by atoms with Crippen molar-refractivity contribution in [2.75, 3.05) is 25.5 Å². The Morgan fingerprint density at radius 3 is 2.45 bits per heavy atom. The van der Waals surface area contributed by atoms with Crippen molar-refractivity contribution in [2.45, 2.75) is 26.5 Å². The third-order valence-corrected chi connectivity index (χ3v) is 3.84. The number of rotatable bonds is 6. The van der Waals surface area contributed by atoms with Crippen molar-refractivity contribution in [2.24, 2.45) is 7.05 Å². The van der Waals surface area contributed by atoms with Crippen LogP contribution in [-0.2, 0) is 13.6 Å². The molecule has 0 aliphatic carbocycles.